The second-order valence-corrected chi connectivity index (χ2v) is 8.43. The highest BCUT2D eigenvalue weighted by atomic mass is 16.5. The first-order valence-corrected chi connectivity index (χ1v) is 11.1. The summed E-state index contributed by atoms with van der Waals surface area (Å²) in [5.41, 5.74) is 3.08. The quantitative estimate of drug-likeness (QED) is 0.598. The molecule has 0 spiro atoms. The summed E-state index contributed by atoms with van der Waals surface area (Å²) < 4.78 is 7.05. The van der Waals surface area contributed by atoms with Crippen LogP contribution in [0.2, 0.25) is 0 Å². The van der Waals surface area contributed by atoms with Crippen molar-refractivity contribution in [3.63, 3.8) is 0 Å². The number of rotatable bonds is 5. The maximum absolute atomic E-state index is 13.2. The van der Waals surface area contributed by atoms with E-state index >= 15 is 0 Å². The smallest absolute Gasteiger partial charge is 0.272 e. The molecule has 5 rings (SSSR count). The van der Waals surface area contributed by atoms with Crippen LogP contribution in [0.4, 0.5) is 5.82 Å². The van der Waals surface area contributed by atoms with Crippen molar-refractivity contribution >= 4 is 17.6 Å². The monoisotopic (exact) mass is 446 g/mol. The molecule has 9 nitrogen and oxygen atoms in total. The molecule has 3 aromatic rings. The van der Waals surface area contributed by atoms with Crippen molar-refractivity contribution < 1.29 is 14.3 Å². The molecule has 1 fully saturated rings. The van der Waals surface area contributed by atoms with Crippen LogP contribution in [0.3, 0.4) is 0 Å². The lowest BCUT2D eigenvalue weighted by Gasteiger charge is -2.25. The van der Waals surface area contributed by atoms with Crippen LogP contribution in [-0.2, 0) is 24.8 Å². The highest BCUT2D eigenvalue weighted by molar-refractivity contribution is 6.00. The molecule has 2 aliphatic rings. The molecular formula is C24H26N6O3. The van der Waals surface area contributed by atoms with Crippen molar-refractivity contribution in [3.8, 4) is 5.75 Å². The van der Waals surface area contributed by atoms with Crippen LogP contribution < -0.4 is 9.64 Å². The SMILES string of the molecule is COc1ccccc1CN1C(=O)Cc2c(C)nc([C@H]3CCCN3C(=O)c3ccnn3C)nc21. The zero-order chi connectivity index (χ0) is 23.1. The van der Waals surface area contributed by atoms with Gasteiger partial charge in [-0.1, -0.05) is 18.2 Å². The van der Waals surface area contributed by atoms with Gasteiger partial charge in [0.25, 0.3) is 5.91 Å². The average Bonchev–Trinajstić information content (AvgIpc) is 3.54. The lowest BCUT2D eigenvalue weighted by atomic mass is 10.1. The molecule has 0 bridgehead atoms. The topological polar surface area (TPSA) is 93.5 Å². The molecule has 0 aliphatic carbocycles. The number of amides is 2. The first-order valence-electron chi connectivity index (χ1n) is 11.1. The summed E-state index contributed by atoms with van der Waals surface area (Å²) >= 11 is 0. The summed E-state index contributed by atoms with van der Waals surface area (Å²) in [6.45, 7) is 2.91. The van der Waals surface area contributed by atoms with Crippen LogP contribution >= 0.6 is 0 Å². The summed E-state index contributed by atoms with van der Waals surface area (Å²) in [4.78, 5) is 39.2. The first-order chi connectivity index (χ1) is 16.0. The van der Waals surface area contributed by atoms with Gasteiger partial charge < -0.3 is 9.64 Å². The molecule has 0 radical (unpaired) electrons. The van der Waals surface area contributed by atoms with Gasteiger partial charge in [-0.25, -0.2) is 9.97 Å². The average molecular weight is 447 g/mol. The van der Waals surface area contributed by atoms with Gasteiger partial charge in [0.15, 0.2) is 5.82 Å². The number of likely N-dealkylation sites (tertiary alicyclic amines) is 1. The van der Waals surface area contributed by atoms with E-state index in [4.69, 9.17) is 14.7 Å². The van der Waals surface area contributed by atoms with E-state index in [2.05, 4.69) is 5.10 Å². The number of fused-ring (bicyclic) bond motifs is 1. The number of nitrogens with zero attached hydrogens (tertiary/aromatic N) is 6. The van der Waals surface area contributed by atoms with E-state index in [1.165, 1.54) is 0 Å². The maximum atomic E-state index is 13.2. The molecule has 170 valence electrons. The number of aryl methyl sites for hydroxylation is 2. The van der Waals surface area contributed by atoms with Crippen molar-refractivity contribution in [2.45, 2.75) is 38.8 Å². The van der Waals surface area contributed by atoms with Gasteiger partial charge in [-0.3, -0.25) is 19.2 Å². The van der Waals surface area contributed by atoms with E-state index in [0.717, 1.165) is 35.4 Å². The van der Waals surface area contributed by atoms with Gasteiger partial charge in [0.2, 0.25) is 5.91 Å². The Morgan fingerprint density at radius 2 is 2.03 bits per heavy atom. The summed E-state index contributed by atoms with van der Waals surface area (Å²) in [6.07, 6.45) is 3.55. The van der Waals surface area contributed by atoms with Crippen molar-refractivity contribution in [1.29, 1.82) is 0 Å². The van der Waals surface area contributed by atoms with E-state index in [1.54, 1.807) is 36.0 Å². The number of para-hydroxylation sites is 1. The lowest BCUT2D eigenvalue weighted by molar-refractivity contribution is -0.117. The van der Waals surface area contributed by atoms with E-state index in [0.29, 0.717) is 30.4 Å². The Balaban J connectivity index is 1.49. The Bertz CT molecular complexity index is 1240. The van der Waals surface area contributed by atoms with E-state index in [1.807, 2.05) is 36.1 Å². The minimum Gasteiger partial charge on any atom is -0.496 e. The van der Waals surface area contributed by atoms with E-state index in [-0.39, 0.29) is 24.3 Å². The van der Waals surface area contributed by atoms with Crippen LogP contribution in [0.15, 0.2) is 36.5 Å². The number of ether oxygens (including phenoxy) is 1. The van der Waals surface area contributed by atoms with Crippen molar-refractivity contribution in [2.75, 3.05) is 18.6 Å². The fraction of sp³-hybridized carbons (Fsp3) is 0.375. The number of hydrogen-bond donors (Lipinski definition) is 0. The molecule has 1 atom stereocenters. The second-order valence-electron chi connectivity index (χ2n) is 8.43. The van der Waals surface area contributed by atoms with Crippen molar-refractivity contribution in [3.05, 3.63) is 64.9 Å². The third-order valence-electron chi connectivity index (χ3n) is 6.47. The van der Waals surface area contributed by atoms with Gasteiger partial charge >= 0.3 is 0 Å². The van der Waals surface area contributed by atoms with Crippen LogP contribution in [0.1, 0.15) is 52.0 Å². The van der Waals surface area contributed by atoms with Gasteiger partial charge in [-0.05, 0) is 31.9 Å². The molecule has 0 N–H and O–H groups in total. The normalized spacial score (nSPS) is 17.5. The summed E-state index contributed by atoms with van der Waals surface area (Å²) in [7, 11) is 3.38. The maximum Gasteiger partial charge on any atom is 0.272 e. The molecule has 33 heavy (non-hydrogen) atoms. The van der Waals surface area contributed by atoms with Gasteiger partial charge in [0, 0.05) is 36.6 Å². The van der Waals surface area contributed by atoms with Crippen molar-refractivity contribution in [2.24, 2.45) is 7.05 Å². The Labute approximate surface area is 192 Å². The molecule has 2 aromatic heterocycles. The molecule has 4 heterocycles. The van der Waals surface area contributed by atoms with Gasteiger partial charge in [-0.2, -0.15) is 5.10 Å². The third-order valence-corrected chi connectivity index (χ3v) is 6.47. The molecule has 2 aliphatic heterocycles. The van der Waals surface area contributed by atoms with Crippen LogP contribution in [0.5, 0.6) is 5.75 Å². The predicted octanol–water partition coefficient (Wildman–Crippen LogP) is 2.59. The largest absolute Gasteiger partial charge is 0.496 e. The van der Waals surface area contributed by atoms with Crippen molar-refractivity contribution in [1.82, 2.24) is 24.6 Å². The highest BCUT2D eigenvalue weighted by Gasteiger charge is 2.37. The zero-order valence-corrected chi connectivity index (χ0v) is 19.0. The number of hydrogen-bond acceptors (Lipinski definition) is 6. The zero-order valence-electron chi connectivity index (χ0n) is 19.0. The Hall–Kier alpha value is -3.75. The molecule has 2 amide bonds. The Morgan fingerprint density at radius 3 is 2.79 bits per heavy atom. The lowest BCUT2D eigenvalue weighted by Crippen LogP contribution is -2.33. The van der Waals surface area contributed by atoms with Gasteiger partial charge in [0.05, 0.1) is 26.1 Å². The van der Waals surface area contributed by atoms with E-state index in [9.17, 15) is 9.59 Å². The molecular weight excluding hydrogens is 420 g/mol. The van der Waals surface area contributed by atoms with Gasteiger partial charge in [0.1, 0.15) is 17.3 Å². The number of benzene rings is 1. The molecule has 1 aromatic carbocycles. The van der Waals surface area contributed by atoms with Gasteiger partial charge in [-0.15, -0.1) is 0 Å². The highest BCUT2D eigenvalue weighted by Crippen LogP contribution is 2.36. The number of anilines is 1. The summed E-state index contributed by atoms with van der Waals surface area (Å²) in [5.74, 6) is 1.85. The molecule has 9 heteroatoms. The third kappa shape index (κ3) is 3.63. The Kier molecular flexibility index (Phi) is 5.32. The predicted molar refractivity (Wildman–Crippen MR) is 121 cm³/mol. The number of carbonyl (C=O) groups excluding carboxylic acids is 2. The van der Waals surface area contributed by atoms with Crippen LogP contribution in [0.25, 0.3) is 0 Å². The fourth-order valence-corrected chi connectivity index (χ4v) is 4.72. The van der Waals surface area contributed by atoms with E-state index < -0.39 is 0 Å². The van der Waals surface area contributed by atoms with Crippen LogP contribution in [0, 0.1) is 6.92 Å². The molecule has 0 saturated carbocycles. The minimum atomic E-state index is -0.236. The molecule has 1 saturated heterocycles. The second kappa shape index (κ2) is 8.31. The fourth-order valence-electron chi connectivity index (χ4n) is 4.72. The first kappa shape index (κ1) is 21.1. The minimum absolute atomic E-state index is 0.0142. The van der Waals surface area contributed by atoms with Crippen LogP contribution in [-0.4, -0.2) is 50.1 Å². The Morgan fingerprint density at radius 1 is 1.21 bits per heavy atom. The number of aromatic nitrogens is 4. The standard InChI is InChI=1S/C24H26N6O3/c1-15-17-13-21(31)30(14-16-7-4-5-9-20(16)33-3)23(17)27-22(26-15)18-8-6-12-29(18)24(32)19-10-11-25-28(19)2/h4-5,7,9-11,18H,6,8,12-14H2,1-3H3/t18-/m1/s1. The summed E-state index contributed by atoms with van der Waals surface area (Å²) in [6, 6.07) is 9.15. The summed E-state index contributed by atoms with van der Waals surface area (Å²) in [5, 5.41) is 4.12. The molecule has 0 unspecified atom stereocenters. The number of carbonyl (C=O) groups is 2. The number of methoxy groups -OCH3 is 1.